The molecule has 0 bridgehead atoms. The lowest BCUT2D eigenvalue weighted by molar-refractivity contribution is -0.137. The number of morpholine rings is 1. The van der Waals surface area contributed by atoms with Crippen molar-refractivity contribution in [1.82, 2.24) is 19.7 Å². The molecule has 1 atom stereocenters. The quantitative estimate of drug-likeness (QED) is 0.431. The first-order valence-corrected chi connectivity index (χ1v) is 13.0. The van der Waals surface area contributed by atoms with Crippen molar-refractivity contribution in [3.05, 3.63) is 69.7 Å². The van der Waals surface area contributed by atoms with Crippen molar-refractivity contribution in [3.8, 4) is 5.69 Å². The molecule has 0 unspecified atom stereocenters. The molecule has 0 saturated carbocycles. The second-order valence-electron chi connectivity index (χ2n) is 8.25. The first-order chi connectivity index (χ1) is 17.0. The maximum absolute atomic E-state index is 15.0. The summed E-state index contributed by atoms with van der Waals surface area (Å²) in [6.45, 7) is 3.09. The molecule has 1 fully saturated rings. The highest BCUT2D eigenvalue weighted by atomic mass is 79.9. The highest BCUT2D eigenvalue weighted by molar-refractivity contribution is 9.10. The molecule has 2 aliphatic heterocycles. The number of nitrogens with zero attached hydrogens (tertiary/aromatic N) is 5. The second-order valence-corrected chi connectivity index (χ2v) is 10.1. The summed E-state index contributed by atoms with van der Waals surface area (Å²) in [6, 6.07) is 11.6. The van der Waals surface area contributed by atoms with Gasteiger partial charge >= 0.3 is 5.97 Å². The Morgan fingerprint density at radius 2 is 1.97 bits per heavy atom. The van der Waals surface area contributed by atoms with E-state index in [1.165, 1.54) is 6.07 Å². The summed E-state index contributed by atoms with van der Waals surface area (Å²) in [5, 5.41) is 18.9. The third-order valence-electron chi connectivity index (χ3n) is 5.94. The molecule has 0 spiro atoms. The van der Waals surface area contributed by atoms with Gasteiger partial charge in [-0.25, -0.2) is 4.39 Å². The Bertz CT molecular complexity index is 1280. The van der Waals surface area contributed by atoms with Crippen molar-refractivity contribution >= 4 is 39.4 Å². The molecular weight excluding hydrogens is 537 g/mol. The van der Waals surface area contributed by atoms with Crippen LogP contribution in [0.5, 0.6) is 0 Å². The molecule has 182 valence electrons. The van der Waals surface area contributed by atoms with Gasteiger partial charge in [-0.05, 0) is 36.8 Å². The second kappa shape index (κ2) is 10.6. The molecule has 35 heavy (non-hydrogen) atoms. The van der Waals surface area contributed by atoms with E-state index in [1.807, 2.05) is 22.8 Å². The minimum atomic E-state index is -0.926. The topological polar surface area (TPSA) is 92.8 Å². The number of hydrogen-bond donors (Lipinski definition) is 1. The zero-order chi connectivity index (χ0) is 24.4. The maximum atomic E-state index is 15.0. The number of rotatable bonds is 7. The van der Waals surface area contributed by atoms with Crippen LogP contribution in [-0.4, -0.2) is 68.6 Å². The number of ether oxygens (including phenoxy) is 1. The van der Waals surface area contributed by atoms with Crippen LogP contribution in [0.3, 0.4) is 0 Å². The predicted octanol–water partition coefficient (Wildman–Crippen LogP) is 4.31. The molecule has 11 heteroatoms. The SMILES string of the molecule is O=C(O)CC[C@@H]1N=C(c2ccccc2F)c2cc(Br)ccc2-n2c(SCN3CCOCC3)nnc21. The zero-order valence-corrected chi connectivity index (χ0v) is 21.1. The summed E-state index contributed by atoms with van der Waals surface area (Å²) in [7, 11) is 0. The highest BCUT2D eigenvalue weighted by Crippen LogP contribution is 2.37. The van der Waals surface area contributed by atoms with Gasteiger partial charge in [0.05, 0.1) is 30.5 Å². The Balaban J connectivity index is 1.63. The normalized spacial score (nSPS) is 17.9. The van der Waals surface area contributed by atoms with Gasteiger partial charge in [-0.2, -0.15) is 0 Å². The average Bonchev–Trinajstić information content (AvgIpc) is 3.22. The number of carboxylic acids is 1. The number of thioether (sulfide) groups is 1. The summed E-state index contributed by atoms with van der Waals surface area (Å²) in [5.74, 6) is -0.0572. The van der Waals surface area contributed by atoms with Gasteiger partial charge in [0, 0.05) is 35.1 Å². The third kappa shape index (κ3) is 5.18. The Kier molecular flexibility index (Phi) is 7.28. The van der Waals surface area contributed by atoms with Gasteiger partial charge in [-0.3, -0.25) is 19.3 Å². The van der Waals surface area contributed by atoms with E-state index in [0.717, 1.165) is 28.8 Å². The number of carboxylic acid groups (broad SMARTS) is 1. The van der Waals surface area contributed by atoms with E-state index in [0.29, 0.717) is 41.3 Å². The van der Waals surface area contributed by atoms with Gasteiger partial charge in [0.1, 0.15) is 11.9 Å². The van der Waals surface area contributed by atoms with Crippen molar-refractivity contribution in [2.45, 2.75) is 24.0 Å². The molecular formula is C24H23BrFN5O3S. The van der Waals surface area contributed by atoms with Gasteiger partial charge < -0.3 is 9.84 Å². The fraction of sp³-hybridized carbons (Fsp3) is 0.333. The first-order valence-electron chi connectivity index (χ1n) is 11.2. The molecule has 1 N–H and O–H groups in total. The van der Waals surface area contributed by atoms with Gasteiger partial charge in [-0.15, -0.1) is 10.2 Å². The molecule has 1 aromatic heterocycles. The molecule has 0 amide bonds. The van der Waals surface area contributed by atoms with E-state index in [2.05, 4.69) is 31.0 Å². The molecule has 0 radical (unpaired) electrons. The minimum Gasteiger partial charge on any atom is -0.481 e. The Hall–Kier alpha value is -2.60. The molecule has 0 aliphatic carbocycles. The van der Waals surface area contributed by atoms with E-state index in [4.69, 9.17) is 9.73 Å². The number of carbonyl (C=O) groups is 1. The van der Waals surface area contributed by atoms with Crippen LogP contribution in [-0.2, 0) is 9.53 Å². The number of aliphatic imine (C=N–C) groups is 1. The third-order valence-corrected chi connectivity index (χ3v) is 7.45. The standard InChI is InChI=1S/C24H23BrFN5O3S/c25-15-5-7-20-17(13-15)22(16-3-1-2-4-18(16)26)27-19(6-8-21(32)33)23-28-29-24(31(20)23)35-14-30-9-11-34-12-10-30/h1-5,7,13,19H,6,8-12,14H2,(H,32,33)/t19-/m0/s1. The van der Waals surface area contributed by atoms with Crippen LogP contribution in [0.2, 0.25) is 0 Å². The van der Waals surface area contributed by atoms with Crippen LogP contribution in [0.4, 0.5) is 4.39 Å². The summed E-state index contributed by atoms with van der Waals surface area (Å²) >= 11 is 5.10. The number of hydrogen-bond acceptors (Lipinski definition) is 7. The largest absolute Gasteiger partial charge is 0.481 e. The Morgan fingerprint density at radius 3 is 2.74 bits per heavy atom. The monoisotopic (exact) mass is 559 g/mol. The van der Waals surface area contributed by atoms with Crippen LogP contribution in [0, 0.1) is 5.82 Å². The van der Waals surface area contributed by atoms with Crippen molar-refractivity contribution in [1.29, 1.82) is 0 Å². The van der Waals surface area contributed by atoms with Gasteiger partial charge in [0.25, 0.3) is 0 Å². The number of fused-ring (bicyclic) bond motifs is 3. The van der Waals surface area contributed by atoms with E-state index in [9.17, 15) is 14.3 Å². The predicted molar refractivity (Wildman–Crippen MR) is 134 cm³/mol. The minimum absolute atomic E-state index is 0.0954. The molecule has 8 nitrogen and oxygen atoms in total. The van der Waals surface area contributed by atoms with Crippen LogP contribution < -0.4 is 0 Å². The lowest BCUT2D eigenvalue weighted by atomic mass is 10.00. The summed E-state index contributed by atoms with van der Waals surface area (Å²) in [4.78, 5) is 18.6. The van der Waals surface area contributed by atoms with Crippen molar-refractivity contribution in [2.75, 3.05) is 32.2 Å². The summed E-state index contributed by atoms with van der Waals surface area (Å²) in [6.07, 6.45) is 0.122. The number of aliphatic carboxylic acids is 1. The van der Waals surface area contributed by atoms with E-state index in [1.54, 1.807) is 30.0 Å². The lowest BCUT2D eigenvalue weighted by Gasteiger charge is -2.25. The molecule has 2 aliphatic rings. The molecule has 1 saturated heterocycles. The van der Waals surface area contributed by atoms with Crippen LogP contribution in [0.1, 0.15) is 35.8 Å². The molecule has 3 heterocycles. The number of benzene rings is 2. The highest BCUT2D eigenvalue weighted by Gasteiger charge is 2.30. The fourth-order valence-electron chi connectivity index (χ4n) is 4.19. The van der Waals surface area contributed by atoms with E-state index in [-0.39, 0.29) is 12.8 Å². The van der Waals surface area contributed by atoms with Gasteiger partial charge in [-0.1, -0.05) is 39.8 Å². The zero-order valence-electron chi connectivity index (χ0n) is 18.7. The summed E-state index contributed by atoms with van der Waals surface area (Å²) < 4.78 is 23.2. The number of aromatic nitrogens is 3. The number of halogens is 2. The van der Waals surface area contributed by atoms with Gasteiger partial charge in [0.15, 0.2) is 11.0 Å². The van der Waals surface area contributed by atoms with E-state index < -0.39 is 17.8 Å². The Labute approximate surface area is 214 Å². The summed E-state index contributed by atoms with van der Waals surface area (Å²) in [5.41, 5.74) is 2.31. The van der Waals surface area contributed by atoms with Crippen molar-refractivity contribution < 1.29 is 19.0 Å². The maximum Gasteiger partial charge on any atom is 0.303 e. The smallest absolute Gasteiger partial charge is 0.303 e. The van der Waals surface area contributed by atoms with Crippen LogP contribution >= 0.6 is 27.7 Å². The molecule has 2 aromatic carbocycles. The van der Waals surface area contributed by atoms with Crippen molar-refractivity contribution in [3.63, 3.8) is 0 Å². The van der Waals surface area contributed by atoms with E-state index >= 15 is 0 Å². The van der Waals surface area contributed by atoms with Crippen LogP contribution in [0.15, 0.2) is 57.1 Å². The average molecular weight is 560 g/mol. The van der Waals surface area contributed by atoms with Crippen molar-refractivity contribution in [2.24, 2.45) is 4.99 Å². The fourth-order valence-corrected chi connectivity index (χ4v) is 5.53. The Morgan fingerprint density at radius 1 is 1.17 bits per heavy atom. The van der Waals surface area contributed by atoms with Gasteiger partial charge in [0.2, 0.25) is 0 Å². The molecule has 5 rings (SSSR count). The first kappa shape index (κ1) is 24.1. The lowest BCUT2D eigenvalue weighted by Crippen LogP contribution is -2.35. The molecule has 3 aromatic rings. The van der Waals surface area contributed by atoms with Crippen LogP contribution in [0.25, 0.3) is 5.69 Å².